The lowest BCUT2D eigenvalue weighted by atomic mass is 9.81. The molecule has 0 saturated carbocycles. The molecule has 0 unspecified atom stereocenters. The van der Waals surface area contributed by atoms with Gasteiger partial charge in [0.1, 0.15) is 6.10 Å². The third-order valence-corrected chi connectivity index (χ3v) is 8.41. The van der Waals surface area contributed by atoms with E-state index in [0.29, 0.717) is 6.42 Å². The number of aliphatic hydroxyl groups excluding tert-OH is 5. The summed E-state index contributed by atoms with van der Waals surface area (Å²) in [5.41, 5.74) is 1.05. The molecule has 1 rings (SSSR count). The quantitative estimate of drug-likeness (QED) is 0.118. The van der Waals surface area contributed by atoms with E-state index in [1.165, 1.54) is 0 Å². The number of carbonyl (C=O) groups is 1. The van der Waals surface area contributed by atoms with Crippen molar-refractivity contribution in [2.45, 2.75) is 105 Å². The van der Waals surface area contributed by atoms with Crippen LogP contribution in [0.1, 0.15) is 68.2 Å². The van der Waals surface area contributed by atoms with Gasteiger partial charge < -0.3 is 30.3 Å². The van der Waals surface area contributed by atoms with Gasteiger partial charge in [0, 0.05) is 36.0 Å². The van der Waals surface area contributed by atoms with Crippen LogP contribution in [0.3, 0.4) is 0 Å². The van der Waals surface area contributed by atoms with Crippen molar-refractivity contribution < 1.29 is 35.1 Å². The molecule has 0 radical (unpaired) electrons. The fourth-order valence-corrected chi connectivity index (χ4v) is 5.46. The smallest absolute Gasteiger partial charge is 0.311 e. The maximum atomic E-state index is 11.9. The SMILES string of the molecule is C=CC=C[C@H](C)[C@H](O)[C@@H](C)[C@H](O)[C@@H](C)CC(C)=C[C@H](C)[C@@H](O)[C@@H](C)C=C[C@@H](O)C[C@@H]1OC(=O)[C@H](C)[C@@H](O)[C@H]1C. The van der Waals surface area contributed by atoms with E-state index in [9.17, 15) is 30.3 Å². The Morgan fingerprint density at radius 1 is 0.923 bits per heavy atom. The van der Waals surface area contributed by atoms with Gasteiger partial charge in [-0.3, -0.25) is 4.79 Å². The highest BCUT2D eigenvalue weighted by molar-refractivity contribution is 5.73. The zero-order chi connectivity index (χ0) is 30.0. The molecule has 13 atom stereocenters. The van der Waals surface area contributed by atoms with Crippen LogP contribution >= 0.6 is 0 Å². The predicted molar refractivity (Wildman–Crippen MR) is 156 cm³/mol. The number of hydrogen-bond acceptors (Lipinski definition) is 7. The Morgan fingerprint density at radius 2 is 1.51 bits per heavy atom. The van der Waals surface area contributed by atoms with Crippen LogP contribution in [0.4, 0.5) is 0 Å². The highest BCUT2D eigenvalue weighted by Gasteiger charge is 2.40. The molecule has 0 aliphatic carbocycles. The molecule has 0 aromatic heterocycles. The maximum absolute atomic E-state index is 11.9. The van der Waals surface area contributed by atoms with Gasteiger partial charge in [0.25, 0.3) is 0 Å². The second-order valence-electron chi connectivity index (χ2n) is 12.0. The maximum Gasteiger partial charge on any atom is 0.311 e. The van der Waals surface area contributed by atoms with E-state index in [0.717, 1.165) is 5.57 Å². The standard InChI is InChI=1S/C32H54O7/c1-10-11-12-19(3)29(35)24(8)30(36)22(6)16-18(2)15-21(5)28(34)20(4)13-14-26(33)17-27-23(7)31(37)25(9)32(38)39-27/h10-15,19-31,33-37H,1,16-17H2,2-9H3/t19-,20-,21-,22-,23-,24+,25+,26+,27-,28-,29-,30+,31-/m0/s1. The molecule has 0 aromatic rings. The van der Waals surface area contributed by atoms with Crippen molar-refractivity contribution in [2.24, 2.45) is 41.4 Å². The van der Waals surface area contributed by atoms with E-state index in [4.69, 9.17) is 4.74 Å². The Labute approximate surface area is 236 Å². The molecule has 0 aromatic carbocycles. The molecule has 7 nitrogen and oxygen atoms in total. The average Bonchev–Trinajstić information content (AvgIpc) is 2.89. The van der Waals surface area contributed by atoms with E-state index in [-0.39, 0.29) is 41.9 Å². The van der Waals surface area contributed by atoms with Crippen LogP contribution in [0.5, 0.6) is 0 Å². The molecule has 0 spiro atoms. The van der Waals surface area contributed by atoms with Gasteiger partial charge >= 0.3 is 5.97 Å². The lowest BCUT2D eigenvalue weighted by Gasteiger charge is -2.36. The minimum absolute atomic E-state index is 0.0731. The van der Waals surface area contributed by atoms with Gasteiger partial charge in [-0.2, -0.15) is 0 Å². The second-order valence-corrected chi connectivity index (χ2v) is 12.0. The van der Waals surface area contributed by atoms with Gasteiger partial charge in [-0.25, -0.2) is 0 Å². The third-order valence-electron chi connectivity index (χ3n) is 8.41. The van der Waals surface area contributed by atoms with Crippen molar-refractivity contribution in [3.8, 4) is 0 Å². The first-order valence-electron chi connectivity index (χ1n) is 14.4. The zero-order valence-electron chi connectivity index (χ0n) is 25.1. The first-order valence-corrected chi connectivity index (χ1v) is 14.4. The number of rotatable bonds is 15. The molecule has 1 aliphatic rings. The summed E-state index contributed by atoms with van der Waals surface area (Å²) in [7, 11) is 0. The number of ether oxygens (including phenoxy) is 1. The lowest BCUT2D eigenvalue weighted by Crippen LogP contribution is -2.47. The molecule has 5 N–H and O–H groups in total. The number of aliphatic hydroxyl groups is 5. The van der Waals surface area contributed by atoms with Crippen LogP contribution < -0.4 is 0 Å². The van der Waals surface area contributed by atoms with Gasteiger partial charge in [0.05, 0.1) is 36.4 Å². The summed E-state index contributed by atoms with van der Waals surface area (Å²) < 4.78 is 5.40. The fourth-order valence-electron chi connectivity index (χ4n) is 5.46. The zero-order valence-corrected chi connectivity index (χ0v) is 25.1. The van der Waals surface area contributed by atoms with Gasteiger partial charge in [0.2, 0.25) is 0 Å². The molecule has 0 bridgehead atoms. The molecule has 1 heterocycles. The minimum atomic E-state index is -0.872. The van der Waals surface area contributed by atoms with Gasteiger partial charge in [0.15, 0.2) is 0 Å². The summed E-state index contributed by atoms with van der Waals surface area (Å²) >= 11 is 0. The first kappa shape index (κ1) is 35.3. The molecular formula is C32H54O7. The normalized spacial score (nSPS) is 29.8. The Hall–Kier alpha value is -1.77. The fraction of sp³-hybridized carbons (Fsp3) is 0.719. The average molecular weight is 551 g/mol. The van der Waals surface area contributed by atoms with Crippen molar-refractivity contribution in [1.29, 1.82) is 0 Å². The van der Waals surface area contributed by atoms with Gasteiger partial charge in [-0.1, -0.05) is 90.2 Å². The summed E-state index contributed by atoms with van der Waals surface area (Å²) in [5, 5.41) is 53.1. The monoisotopic (exact) mass is 550 g/mol. The number of carbonyl (C=O) groups excluding carboxylic acids is 1. The van der Waals surface area contributed by atoms with E-state index in [1.54, 1.807) is 31.2 Å². The lowest BCUT2D eigenvalue weighted by molar-refractivity contribution is -0.179. The predicted octanol–water partition coefficient (Wildman–Crippen LogP) is 4.19. The molecule has 39 heavy (non-hydrogen) atoms. The Bertz CT molecular complexity index is 849. The summed E-state index contributed by atoms with van der Waals surface area (Å²) in [5.74, 6) is -2.18. The second kappa shape index (κ2) is 16.5. The molecular weight excluding hydrogens is 496 g/mol. The number of hydrogen-bond donors (Lipinski definition) is 5. The summed E-state index contributed by atoms with van der Waals surface area (Å²) in [6.45, 7) is 18.6. The molecule has 1 aliphatic heterocycles. The van der Waals surface area contributed by atoms with Crippen LogP contribution in [-0.2, 0) is 9.53 Å². The van der Waals surface area contributed by atoms with Crippen LogP contribution in [0.25, 0.3) is 0 Å². The van der Waals surface area contributed by atoms with Gasteiger partial charge in [-0.15, -0.1) is 0 Å². The number of cyclic esters (lactones) is 1. The molecule has 224 valence electrons. The van der Waals surface area contributed by atoms with Crippen LogP contribution in [0.15, 0.2) is 48.6 Å². The number of allylic oxidation sites excluding steroid dienone is 3. The van der Waals surface area contributed by atoms with E-state index < -0.39 is 48.5 Å². The first-order chi connectivity index (χ1) is 18.1. The summed E-state index contributed by atoms with van der Waals surface area (Å²) in [6.07, 6.45) is 7.27. The van der Waals surface area contributed by atoms with Crippen LogP contribution in [0.2, 0.25) is 0 Å². The highest BCUT2D eigenvalue weighted by Crippen LogP contribution is 2.30. The molecule has 0 amide bonds. The third kappa shape index (κ3) is 10.6. The Kier molecular flexibility index (Phi) is 14.9. The number of esters is 1. The van der Waals surface area contributed by atoms with Crippen LogP contribution in [-0.4, -0.2) is 68.1 Å². The van der Waals surface area contributed by atoms with Crippen molar-refractivity contribution in [2.75, 3.05) is 0 Å². The van der Waals surface area contributed by atoms with Gasteiger partial charge in [-0.05, 0) is 26.2 Å². The minimum Gasteiger partial charge on any atom is -0.462 e. The van der Waals surface area contributed by atoms with Crippen molar-refractivity contribution >= 4 is 5.97 Å². The topological polar surface area (TPSA) is 127 Å². The van der Waals surface area contributed by atoms with E-state index in [1.807, 2.05) is 60.6 Å². The summed E-state index contributed by atoms with van der Waals surface area (Å²) in [4.78, 5) is 11.9. The Morgan fingerprint density at radius 3 is 2.10 bits per heavy atom. The highest BCUT2D eigenvalue weighted by atomic mass is 16.5. The van der Waals surface area contributed by atoms with E-state index in [2.05, 4.69) is 6.58 Å². The van der Waals surface area contributed by atoms with E-state index >= 15 is 0 Å². The largest absolute Gasteiger partial charge is 0.462 e. The Balaban J connectivity index is 2.67. The van der Waals surface area contributed by atoms with Crippen LogP contribution in [0, 0.1) is 41.4 Å². The van der Waals surface area contributed by atoms with Crippen molar-refractivity contribution in [3.05, 3.63) is 48.6 Å². The van der Waals surface area contributed by atoms with Crippen molar-refractivity contribution in [3.63, 3.8) is 0 Å². The molecule has 7 heteroatoms. The summed E-state index contributed by atoms with van der Waals surface area (Å²) in [6, 6.07) is 0. The molecule has 1 saturated heterocycles. The van der Waals surface area contributed by atoms with Crippen molar-refractivity contribution in [1.82, 2.24) is 0 Å². The molecule has 1 fully saturated rings.